The van der Waals surface area contributed by atoms with Gasteiger partial charge in [0, 0.05) is 11.8 Å². The van der Waals surface area contributed by atoms with Crippen LogP contribution in [0.3, 0.4) is 0 Å². The van der Waals surface area contributed by atoms with Gasteiger partial charge >= 0.3 is 0 Å². The number of hydrogen-bond donors (Lipinski definition) is 1. The molecule has 2 aromatic heterocycles. The quantitative estimate of drug-likeness (QED) is 0.796. The van der Waals surface area contributed by atoms with E-state index in [4.69, 9.17) is 0 Å². The molecule has 0 aliphatic rings. The van der Waals surface area contributed by atoms with Crippen molar-refractivity contribution in [3.05, 3.63) is 40.4 Å². The molecule has 0 aromatic carbocycles. The maximum atomic E-state index is 12.0. The molecule has 0 aliphatic carbocycles. The molecule has 2 aromatic rings. The van der Waals surface area contributed by atoms with Gasteiger partial charge in [0.2, 0.25) is 0 Å². The third-order valence-electron chi connectivity index (χ3n) is 2.25. The van der Waals surface area contributed by atoms with Crippen LogP contribution < -0.4 is 5.56 Å². The Morgan fingerprint density at radius 3 is 2.87 bits per heavy atom. The van der Waals surface area contributed by atoms with Crippen molar-refractivity contribution in [2.45, 2.75) is 19.8 Å². The zero-order chi connectivity index (χ0) is 10.8. The Bertz CT molecular complexity index is 498. The summed E-state index contributed by atoms with van der Waals surface area (Å²) in [4.78, 5) is 12.0. The smallest absolute Gasteiger partial charge is 0.259 e. The zero-order valence-electron chi connectivity index (χ0n) is 8.64. The van der Waals surface area contributed by atoms with Gasteiger partial charge in [-0.3, -0.25) is 9.36 Å². The maximum Gasteiger partial charge on any atom is 0.259 e. The van der Waals surface area contributed by atoms with E-state index in [1.54, 1.807) is 6.20 Å². The van der Waals surface area contributed by atoms with Gasteiger partial charge in [-0.05, 0) is 12.0 Å². The van der Waals surface area contributed by atoms with Crippen LogP contribution >= 0.6 is 0 Å². The number of hydrogen-bond acceptors (Lipinski definition) is 3. The van der Waals surface area contributed by atoms with Crippen LogP contribution in [-0.4, -0.2) is 20.0 Å². The fourth-order valence-corrected chi connectivity index (χ4v) is 1.44. The molecule has 0 saturated heterocycles. The highest BCUT2D eigenvalue weighted by Gasteiger charge is 2.08. The molecule has 0 fully saturated rings. The van der Waals surface area contributed by atoms with Crippen LogP contribution in [0.15, 0.2) is 29.3 Å². The van der Waals surface area contributed by atoms with Crippen molar-refractivity contribution >= 4 is 0 Å². The van der Waals surface area contributed by atoms with Crippen molar-refractivity contribution in [1.82, 2.24) is 20.0 Å². The maximum absolute atomic E-state index is 12.0. The Labute approximate surface area is 86.8 Å². The molecule has 0 aliphatic heterocycles. The number of nitrogens with one attached hydrogen (secondary N) is 1. The van der Waals surface area contributed by atoms with Crippen LogP contribution in [0.5, 0.6) is 0 Å². The van der Waals surface area contributed by atoms with Crippen molar-refractivity contribution in [3.63, 3.8) is 0 Å². The fourth-order valence-electron chi connectivity index (χ4n) is 1.44. The summed E-state index contributed by atoms with van der Waals surface area (Å²) in [5, 5.41) is 10.0. The second kappa shape index (κ2) is 3.68. The first kappa shape index (κ1) is 9.64. The number of H-pyrrole nitrogens is 1. The second-order valence-electron chi connectivity index (χ2n) is 3.62. The number of aromatic nitrogens is 4. The van der Waals surface area contributed by atoms with E-state index in [1.165, 1.54) is 10.8 Å². The van der Waals surface area contributed by atoms with E-state index in [2.05, 4.69) is 15.4 Å². The molecular weight excluding hydrogens is 192 g/mol. The molecule has 15 heavy (non-hydrogen) atoms. The summed E-state index contributed by atoms with van der Waals surface area (Å²) >= 11 is 0. The van der Waals surface area contributed by atoms with Gasteiger partial charge in [-0.25, -0.2) is 0 Å². The van der Waals surface area contributed by atoms with Crippen LogP contribution in [0, 0.1) is 0 Å². The molecule has 0 unspecified atom stereocenters. The molecule has 5 nitrogen and oxygen atoms in total. The monoisotopic (exact) mass is 204 g/mol. The summed E-state index contributed by atoms with van der Waals surface area (Å²) in [5.41, 5.74) is 0.738. The van der Waals surface area contributed by atoms with Crippen LogP contribution in [0.2, 0.25) is 0 Å². The molecule has 1 N–H and O–H groups in total. The molecule has 0 spiro atoms. The van der Waals surface area contributed by atoms with Crippen LogP contribution in [0.25, 0.3) is 5.82 Å². The van der Waals surface area contributed by atoms with E-state index in [0.29, 0.717) is 5.82 Å². The van der Waals surface area contributed by atoms with Gasteiger partial charge in [0.1, 0.15) is 0 Å². The Morgan fingerprint density at radius 2 is 2.27 bits per heavy atom. The van der Waals surface area contributed by atoms with E-state index in [1.807, 2.05) is 26.0 Å². The normalized spacial score (nSPS) is 10.9. The lowest BCUT2D eigenvalue weighted by Crippen LogP contribution is -2.22. The first-order valence-electron chi connectivity index (χ1n) is 4.78. The van der Waals surface area contributed by atoms with Gasteiger partial charge in [0.05, 0.1) is 6.20 Å². The highest BCUT2D eigenvalue weighted by atomic mass is 16.1. The Kier molecular flexibility index (Phi) is 2.37. The lowest BCUT2D eigenvalue weighted by Gasteiger charge is -2.06. The van der Waals surface area contributed by atoms with Crippen LogP contribution in [0.1, 0.15) is 25.3 Å². The Morgan fingerprint density at radius 1 is 1.47 bits per heavy atom. The average molecular weight is 204 g/mol. The van der Waals surface area contributed by atoms with Gasteiger partial charge in [0.25, 0.3) is 5.56 Å². The summed E-state index contributed by atoms with van der Waals surface area (Å²) in [7, 11) is 0. The Balaban J connectivity index is 2.60. The highest BCUT2D eigenvalue weighted by Crippen LogP contribution is 2.09. The van der Waals surface area contributed by atoms with Crippen molar-refractivity contribution in [3.8, 4) is 5.82 Å². The van der Waals surface area contributed by atoms with Gasteiger partial charge in [-0.2, -0.15) is 10.3 Å². The molecule has 2 heterocycles. The third kappa shape index (κ3) is 1.68. The van der Waals surface area contributed by atoms with E-state index >= 15 is 0 Å². The predicted molar refractivity (Wildman–Crippen MR) is 56.1 cm³/mol. The highest BCUT2D eigenvalue weighted by molar-refractivity contribution is 5.23. The average Bonchev–Trinajstić information content (AvgIpc) is 2.70. The molecule has 0 saturated carbocycles. The van der Waals surface area contributed by atoms with Gasteiger partial charge in [-0.15, -0.1) is 5.10 Å². The predicted octanol–water partition coefficient (Wildman–Crippen LogP) is 1.08. The Hall–Kier alpha value is -1.91. The number of rotatable bonds is 2. The van der Waals surface area contributed by atoms with Gasteiger partial charge < -0.3 is 0 Å². The summed E-state index contributed by atoms with van der Waals surface area (Å²) in [6.07, 6.45) is 3.21. The lowest BCUT2D eigenvalue weighted by molar-refractivity contribution is 0.808. The molecule has 78 valence electrons. The van der Waals surface area contributed by atoms with E-state index in [0.717, 1.165) is 5.56 Å². The number of nitrogens with zero attached hydrogens (tertiary/aromatic N) is 3. The first-order chi connectivity index (χ1) is 7.20. The van der Waals surface area contributed by atoms with Crippen molar-refractivity contribution in [2.75, 3.05) is 0 Å². The zero-order valence-corrected chi connectivity index (χ0v) is 8.64. The van der Waals surface area contributed by atoms with Crippen molar-refractivity contribution in [2.24, 2.45) is 0 Å². The fraction of sp³-hybridized carbons (Fsp3) is 0.300. The van der Waals surface area contributed by atoms with Crippen molar-refractivity contribution in [1.29, 1.82) is 0 Å². The summed E-state index contributed by atoms with van der Waals surface area (Å²) in [6.45, 7) is 3.98. The minimum atomic E-state index is -0.0404. The minimum Gasteiger partial charge on any atom is -0.269 e. The number of aromatic amines is 1. The van der Waals surface area contributed by atoms with E-state index in [9.17, 15) is 4.79 Å². The van der Waals surface area contributed by atoms with E-state index < -0.39 is 0 Å². The van der Waals surface area contributed by atoms with Gasteiger partial charge in [-0.1, -0.05) is 19.9 Å². The second-order valence-corrected chi connectivity index (χ2v) is 3.62. The third-order valence-corrected chi connectivity index (χ3v) is 2.25. The SMILES string of the molecule is CC(C)c1cccn(-c2cn[nH]n2)c1=O. The molecule has 2 rings (SSSR count). The lowest BCUT2D eigenvalue weighted by atomic mass is 10.1. The topological polar surface area (TPSA) is 63.6 Å². The number of pyridine rings is 1. The van der Waals surface area contributed by atoms with Crippen LogP contribution in [-0.2, 0) is 0 Å². The largest absolute Gasteiger partial charge is 0.269 e. The summed E-state index contributed by atoms with van der Waals surface area (Å²) < 4.78 is 1.48. The van der Waals surface area contributed by atoms with E-state index in [-0.39, 0.29) is 11.5 Å². The summed E-state index contributed by atoms with van der Waals surface area (Å²) in [6, 6.07) is 3.68. The molecule has 0 bridgehead atoms. The summed E-state index contributed by atoms with van der Waals surface area (Å²) in [5.74, 6) is 0.722. The standard InChI is InChI=1S/C10H12N4O/c1-7(2)8-4-3-5-14(10(8)15)9-6-11-13-12-9/h3-7H,1-2H3,(H,11,12,13). The first-order valence-corrected chi connectivity index (χ1v) is 4.78. The van der Waals surface area contributed by atoms with Crippen molar-refractivity contribution < 1.29 is 0 Å². The molecule has 5 heteroatoms. The molecule has 0 amide bonds. The van der Waals surface area contributed by atoms with Crippen LogP contribution in [0.4, 0.5) is 0 Å². The van der Waals surface area contributed by atoms with Gasteiger partial charge in [0.15, 0.2) is 5.82 Å². The molecule has 0 atom stereocenters. The molecular formula is C10H12N4O. The molecule has 0 radical (unpaired) electrons. The minimum absolute atomic E-state index is 0.0404.